The van der Waals surface area contributed by atoms with Gasteiger partial charge in [0.05, 0.1) is 16.3 Å². The van der Waals surface area contributed by atoms with Gasteiger partial charge in [0.15, 0.2) is 9.84 Å². The van der Waals surface area contributed by atoms with Crippen molar-refractivity contribution >= 4 is 37.2 Å². The number of nitrogens with zero attached hydrogens (tertiary/aromatic N) is 3. The molecule has 4 rings (SSSR count). The molecule has 0 spiro atoms. The average Bonchev–Trinajstić information content (AvgIpc) is 3.16. The van der Waals surface area contributed by atoms with E-state index in [1.165, 1.54) is 6.26 Å². The Morgan fingerprint density at radius 1 is 1.00 bits per heavy atom. The number of rotatable bonds is 5. The summed E-state index contributed by atoms with van der Waals surface area (Å²) in [6, 6.07) is 19.5. The molecule has 0 saturated carbocycles. The second-order valence-electron chi connectivity index (χ2n) is 7.42. The first kappa shape index (κ1) is 20.5. The van der Waals surface area contributed by atoms with E-state index in [1.54, 1.807) is 23.5 Å². The van der Waals surface area contributed by atoms with Crippen LogP contribution >= 0.6 is 11.3 Å². The molecule has 4 aromatic rings. The third kappa shape index (κ3) is 3.95. The van der Waals surface area contributed by atoms with Gasteiger partial charge in [-0.1, -0.05) is 42.5 Å². The Kier molecular flexibility index (Phi) is 5.34. The normalized spacial score (nSPS) is 12.8. The molecule has 0 bridgehead atoms. The third-order valence-electron chi connectivity index (χ3n) is 5.25. The first-order chi connectivity index (χ1) is 14.2. The molecule has 0 radical (unpaired) electrons. The van der Waals surface area contributed by atoms with Crippen LogP contribution in [-0.2, 0) is 9.84 Å². The molecular weight excluding hydrogens is 414 g/mol. The van der Waals surface area contributed by atoms with Gasteiger partial charge < -0.3 is 4.90 Å². The Labute approximate surface area is 181 Å². The highest BCUT2D eigenvalue weighted by atomic mass is 32.2. The second kappa shape index (κ2) is 7.81. The Balaban J connectivity index is 1.73. The Morgan fingerprint density at radius 3 is 2.30 bits per heavy atom. The fourth-order valence-corrected chi connectivity index (χ4v) is 5.13. The van der Waals surface area contributed by atoms with E-state index in [1.807, 2.05) is 44.3 Å². The van der Waals surface area contributed by atoms with Crippen LogP contribution in [0.3, 0.4) is 0 Å². The summed E-state index contributed by atoms with van der Waals surface area (Å²) < 4.78 is 23.5. The first-order valence-corrected chi connectivity index (χ1v) is 12.3. The van der Waals surface area contributed by atoms with Crippen molar-refractivity contribution in [3.05, 3.63) is 72.1 Å². The summed E-state index contributed by atoms with van der Waals surface area (Å²) >= 11 is 1.66. The van der Waals surface area contributed by atoms with Crippen molar-refractivity contribution in [2.45, 2.75) is 24.8 Å². The number of hydrogen-bond donors (Lipinski definition) is 0. The number of fused-ring (bicyclic) bond motifs is 1. The number of hydrogen-bond acceptors (Lipinski definition) is 6. The van der Waals surface area contributed by atoms with E-state index in [-0.39, 0.29) is 6.04 Å². The standard InChI is InChI=1S/C23H23N3O2S2/c1-15(17-10-12-19(13-11-17)30(4,27)28)26(3)22-20-14-21(18-8-6-5-7-9-18)29-23(20)25-16(2)24-22/h5-15H,1-4H3. The molecule has 0 aliphatic carbocycles. The predicted molar refractivity (Wildman–Crippen MR) is 124 cm³/mol. The molecule has 2 aromatic heterocycles. The monoisotopic (exact) mass is 437 g/mol. The number of aryl methyl sites for hydroxylation is 1. The lowest BCUT2D eigenvalue weighted by atomic mass is 10.1. The molecule has 1 atom stereocenters. The summed E-state index contributed by atoms with van der Waals surface area (Å²) in [7, 11) is -1.20. The molecule has 0 amide bonds. The topological polar surface area (TPSA) is 63.2 Å². The summed E-state index contributed by atoms with van der Waals surface area (Å²) in [5.41, 5.74) is 2.18. The zero-order chi connectivity index (χ0) is 21.5. The smallest absolute Gasteiger partial charge is 0.175 e. The largest absolute Gasteiger partial charge is 0.352 e. The van der Waals surface area contributed by atoms with Crippen molar-refractivity contribution in [1.29, 1.82) is 0 Å². The molecule has 0 aliphatic heterocycles. The lowest BCUT2D eigenvalue weighted by molar-refractivity contribution is 0.601. The van der Waals surface area contributed by atoms with Crippen molar-refractivity contribution in [3.8, 4) is 10.4 Å². The van der Waals surface area contributed by atoms with Gasteiger partial charge in [0.25, 0.3) is 0 Å². The van der Waals surface area contributed by atoms with E-state index in [4.69, 9.17) is 4.98 Å². The Hall–Kier alpha value is -2.77. The zero-order valence-corrected chi connectivity index (χ0v) is 19.0. The summed E-state index contributed by atoms with van der Waals surface area (Å²) in [6.45, 7) is 3.99. The highest BCUT2D eigenvalue weighted by Gasteiger charge is 2.20. The number of sulfone groups is 1. The van der Waals surface area contributed by atoms with E-state index in [9.17, 15) is 8.42 Å². The SMILES string of the molecule is Cc1nc(N(C)C(C)c2ccc(S(C)(=O)=O)cc2)c2cc(-c3ccccc3)sc2n1. The van der Waals surface area contributed by atoms with Gasteiger partial charge in [-0.25, -0.2) is 18.4 Å². The molecule has 0 aliphatic rings. The van der Waals surface area contributed by atoms with Crippen LogP contribution in [0.15, 0.2) is 65.6 Å². The van der Waals surface area contributed by atoms with E-state index >= 15 is 0 Å². The zero-order valence-electron chi connectivity index (χ0n) is 17.3. The van der Waals surface area contributed by atoms with Crippen molar-refractivity contribution in [2.75, 3.05) is 18.2 Å². The number of aromatic nitrogens is 2. The van der Waals surface area contributed by atoms with Gasteiger partial charge in [-0.05, 0) is 43.2 Å². The molecule has 2 aromatic carbocycles. The van der Waals surface area contributed by atoms with Gasteiger partial charge in [-0.3, -0.25) is 0 Å². The van der Waals surface area contributed by atoms with E-state index < -0.39 is 9.84 Å². The molecule has 154 valence electrons. The van der Waals surface area contributed by atoms with E-state index in [0.717, 1.165) is 37.9 Å². The summed E-state index contributed by atoms with van der Waals surface area (Å²) in [5.74, 6) is 1.60. The summed E-state index contributed by atoms with van der Waals surface area (Å²) in [4.78, 5) is 14.0. The molecule has 5 nitrogen and oxygen atoms in total. The van der Waals surface area contributed by atoms with Crippen LogP contribution < -0.4 is 4.90 Å². The lowest BCUT2D eigenvalue weighted by Gasteiger charge is -2.27. The molecule has 1 unspecified atom stereocenters. The van der Waals surface area contributed by atoms with Gasteiger partial charge >= 0.3 is 0 Å². The molecule has 0 N–H and O–H groups in total. The fourth-order valence-electron chi connectivity index (χ4n) is 3.42. The maximum Gasteiger partial charge on any atom is 0.175 e. The molecule has 7 heteroatoms. The molecule has 2 heterocycles. The van der Waals surface area contributed by atoms with Crippen LogP contribution in [0.25, 0.3) is 20.7 Å². The molecule has 0 saturated heterocycles. The highest BCUT2D eigenvalue weighted by molar-refractivity contribution is 7.90. The number of thiophene rings is 1. The van der Waals surface area contributed by atoms with Crippen molar-refractivity contribution in [3.63, 3.8) is 0 Å². The van der Waals surface area contributed by atoms with Crippen LogP contribution in [-0.4, -0.2) is 31.7 Å². The van der Waals surface area contributed by atoms with Crippen molar-refractivity contribution < 1.29 is 8.42 Å². The Morgan fingerprint density at radius 2 is 1.67 bits per heavy atom. The van der Waals surface area contributed by atoms with Crippen molar-refractivity contribution in [1.82, 2.24) is 9.97 Å². The van der Waals surface area contributed by atoms with Gasteiger partial charge in [0.2, 0.25) is 0 Å². The predicted octanol–water partition coefficient (Wildman–Crippen LogP) is 5.27. The summed E-state index contributed by atoms with van der Waals surface area (Å²) in [6.07, 6.45) is 1.22. The van der Waals surface area contributed by atoms with E-state index in [0.29, 0.717) is 4.90 Å². The quantitative estimate of drug-likeness (QED) is 0.426. The average molecular weight is 438 g/mol. The second-order valence-corrected chi connectivity index (χ2v) is 10.5. The minimum absolute atomic E-state index is 0.0104. The fraction of sp³-hybridized carbons (Fsp3) is 0.217. The Bertz CT molecular complexity index is 1300. The maximum atomic E-state index is 11.7. The first-order valence-electron chi connectivity index (χ1n) is 9.60. The van der Waals surface area contributed by atoms with Gasteiger partial charge in [-0.2, -0.15) is 0 Å². The van der Waals surface area contributed by atoms with E-state index in [2.05, 4.69) is 35.0 Å². The number of anilines is 1. The highest BCUT2D eigenvalue weighted by Crippen LogP contribution is 2.38. The molecule has 30 heavy (non-hydrogen) atoms. The number of benzene rings is 2. The maximum absolute atomic E-state index is 11.7. The van der Waals surface area contributed by atoms with Crippen LogP contribution in [0, 0.1) is 6.92 Å². The minimum atomic E-state index is -3.21. The third-order valence-corrected chi connectivity index (χ3v) is 7.45. The lowest BCUT2D eigenvalue weighted by Crippen LogP contribution is -2.23. The van der Waals surface area contributed by atoms with Gasteiger partial charge in [0.1, 0.15) is 16.5 Å². The van der Waals surface area contributed by atoms with Crippen LogP contribution in [0.5, 0.6) is 0 Å². The van der Waals surface area contributed by atoms with Crippen LogP contribution in [0.1, 0.15) is 24.4 Å². The molecular formula is C23H23N3O2S2. The van der Waals surface area contributed by atoms with Crippen LogP contribution in [0.2, 0.25) is 0 Å². The minimum Gasteiger partial charge on any atom is -0.352 e. The molecule has 0 fully saturated rings. The van der Waals surface area contributed by atoms with Gasteiger partial charge in [0, 0.05) is 18.2 Å². The van der Waals surface area contributed by atoms with Crippen LogP contribution in [0.4, 0.5) is 5.82 Å². The van der Waals surface area contributed by atoms with Gasteiger partial charge in [-0.15, -0.1) is 11.3 Å². The van der Waals surface area contributed by atoms with Crippen molar-refractivity contribution in [2.24, 2.45) is 0 Å². The summed E-state index contributed by atoms with van der Waals surface area (Å²) in [5, 5.41) is 1.02.